The van der Waals surface area contributed by atoms with E-state index in [0.29, 0.717) is 12.8 Å². The second-order valence-electron chi connectivity index (χ2n) is 15.8. The fourth-order valence-corrected chi connectivity index (χ4v) is 8.12. The van der Waals surface area contributed by atoms with Crippen LogP contribution in [0.3, 0.4) is 0 Å². The first-order valence-electron chi connectivity index (χ1n) is 17.9. The van der Waals surface area contributed by atoms with Gasteiger partial charge in [-0.1, -0.05) is 113 Å². The van der Waals surface area contributed by atoms with Crippen LogP contribution in [0.5, 0.6) is 0 Å². The molecule has 256 valence electrons. The Bertz CT molecular complexity index is 2520. The van der Waals surface area contributed by atoms with Gasteiger partial charge in [0.1, 0.15) is 35.4 Å². The summed E-state index contributed by atoms with van der Waals surface area (Å²) >= 11 is 0. The Morgan fingerprint density at radius 2 is 1.02 bits per heavy atom. The average Bonchev–Trinajstić information content (AvgIpc) is 3.45. The van der Waals surface area contributed by atoms with E-state index < -0.39 is 0 Å². The minimum atomic E-state index is -0.0581. The number of hydrogen-bond donors (Lipinski definition) is 0. The molecule has 5 aromatic rings. The molecule has 53 heavy (non-hydrogen) atoms. The third-order valence-electron chi connectivity index (χ3n) is 10.3. The van der Waals surface area contributed by atoms with E-state index in [1.165, 1.54) is 10.8 Å². The smallest absolute Gasteiger partial charge is 0.132 e. The topological polar surface area (TPSA) is 100 Å². The van der Waals surface area contributed by atoms with Gasteiger partial charge in [0.05, 0.1) is 16.7 Å². The van der Waals surface area contributed by atoms with E-state index >= 15 is 0 Å². The molecule has 0 spiro atoms. The maximum Gasteiger partial charge on any atom is 0.132 e. The van der Waals surface area contributed by atoms with Crippen molar-refractivity contribution in [1.82, 2.24) is 4.57 Å². The number of nitriles is 4. The third kappa shape index (κ3) is 7.00. The molecular weight excluding hydrogens is 647 g/mol. The molecule has 1 heterocycles. The van der Waals surface area contributed by atoms with Crippen LogP contribution in [0.1, 0.15) is 64.5 Å². The Hall–Kier alpha value is -6.66. The van der Waals surface area contributed by atoms with Crippen molar-refractivity contribution in [3.05, 3.63) is 148 Å². The molecule has 0 radical (unpaired) electrons. The van der Waals surface area contributed by atoms with Crippen molar-refractivity contribution in [3.63, 3.8) is 0 Å². The molecule has 0 fully saturated rings. The quantitative estimate of drug-likeness (QED) is 0.172. The zero-order chi connectivity index (χ0) is 37.3. The summed E-state index contributed by atoms with van der Waals surface area (Å²) in [5.74, 6) is 0. The summed E-state index contributed by atoms with van der Waals surface area (Å²) in [6.07, 6.45) is 15.6. The van der Waals surface area contributed by atoms with E-state index in [-0.39, 0.29) is 22.0 Å². The van der Waals surface area contributed by atoms with Gasteiger partial charge in [0.25, 0.3) is 0 Å². The summed E-state index contributed by atoms with van der Waals surface area (Å²) in [5, 5.41) is 42.8. The summed E-state index contributed by atoms with van der Waals surface area (Å²) in [4.78, 5) is 0. The fraction of sp³-hybridized carbons (Fsp3) is 0.208. The lowest BCUT2D eigenvalue weighted by atomic mass is 9.74. The van der Waals surface area contributed by atoms with Crippen molar-refractivity contribution in [1.29, 1.82) is 21.0 Å². The minimum absolute atomic E-state index is 0.0581. The van der Waals surface area contributed by atoms with Crippen LogP contribution < -0.4 is 0 Å². The van der Waals surface area contributed by atoms with Gasteiger partial charge in [-0.2, -0.15) is 21.0 Å². The highest BCUT2D eigenvalue weighted by Crippen LogP contribution is 2.42. The average molecular weight is 686 g/mol. The molecule has 1 aromatic heterocycles. The van der Waals surface area contributed by atoms with Crippen molar-refractivity contribution >= 4 is 44.7 Å². The van der Waals surface area contributed by atoms with E-state index in [4.69, 9.17) is 0 Å². The molecule has 0 atom stereocenters. The van der Waals surface area contributed by atoms with Crippen molar-refractivity contribution < 1.29 is 0 Å². The maximum atomic E-state index is 9.55. The molecular formula is C48H39N5. The van der Waals surface area contributed by atoms with Gasteiger partial charge >= 0.3 is 0 Å². The Morgan fingerprint density at radius 1 is 0.547 bits per heavy atom. The summed E-state index contributed by atoms with van der Waals surface area (Å²) in [6.45, 7) is 8.71. The zero-order valence-corrected chi connectivity index (χ0v) is 30.5. The second-order valence-corrected chi connectivity index (χ2v) is 15.8. The van der Waals surface area contributed by atoms with Crippen LogP contribution in [0, 0.1) is 56.2 Å². The van der Waals surface area contributed by atoms with Gasteiger partial charge in [-0.25, -0.2) is 0 Å². The van der Waals surface area contributed by atoms with Crippen molar-refractivity contribution in [2.24, 2.45) is 10.8 Å². The highest BCUT2D eigenvalue weighted by Gasteiger charge is 2.27. The van der Waals surface area contributed by atoms with Crippen LogP contribution in [0.15, 0.2) is 137 Å². The van der Waals surface area contributed by atoms with Crippen LogP contribution in [0.25, 0.3) is 50.4 Å². The summed E-state index contributed by atoms with van der Waals surface area (Å²) in [6, 6.07) is 36.4. The highest BCUT2D eigenvalue weighted by atomic mass is 15.0. The first kappa shape index (κ1) is 34.8. The molecule has 4 aromatic carbocycles. The highest BCUT2D eigenvalue weighted by molar-refractivity contribution is 6.11. The van der Waals surface area contributed by atoms with Gasteiger partial charge in [0, 0.05) is 16.2 Å². The number of rotatable bonds is 5. The van der Waals surface area contributed by atoms with Crippen molar-refractivity contribution in [2.75, 3.05) is 0 Å². The molecule has 5 nitrogen and oxygen atoms in total. The maximum absolute atomic E-state index is 9.55. The molecule has 0 unspecified atom stereocenters. The van der Waals surface area contributed by atoms with Crippen LogP contribution in [-0.4, -0.2) is 4.57 Å². The number of nitrogens with zero attached hydrogens (tertiary/aromatic N) is 5. The normalized spacial score (nSPS) is 16.6. The standard InChI is InChI=1S/C48H39N5/c1-47(2)24-34(20-37(26-47)39(28-49)29-50)14-12-32-16-18-45-42(22-32)43-23-33(13-15-35-21-38(40(30-51)31-52)27-48(3,4)25-35)17-19-46(43)53(45)44-11-7-9-36-8-5-6-10-41(36)44/h5-23H,24-27H2,1-4H3/b14-12+,15-13+. The molecule has 0 bridgehead atoms. The number of aromatic nitrogens is 1. The van der Waals surface area contributed by atoms with E-state index in [1.54, 1.807) is 0 Å². The van der Waals surface area contributed by atoms with Crippen molar-refractivity contribution in [2.45, 2.75) is 53.4 Å². The van der Waals surface area contributed by atoms with E-state index in [2.05, 4.69) is 160 Å². The number of fused-ring (bicyclic) bond motifs is 4. The lowest BCUT2D eigenvalue weighted by Gasteiger charge is -2.30. The van der Waals surface area contributed by atoms with E-state index in [9.17, 15) is 21.0 Å². The third-order valence-corrected chi connectivity index (χ3v) is 10.3. The lowest BCUT2D eigenvalue weighted by molar-refractivity contribution is 0.354. The molecule has 5 heteroatoms. The lowest BCUT2D eigenvalue weighted by Crippen LogP contribution is -2.17. The van der Waals surface area contributed by atoms with Gasteiger partial charge in [-0.15, -0.1) is 0 Å². The summed E-state index contributed by atoms with van der Waals surface area (Å²) in [7, 11) is 0. The van der Waals surface area contributed by atoms with Gasteiger partial charge < -0.3 is 4.57 Å². The Kier molecular flexibility index (Phi) is 9.06. The first-order valence-corrected chi connectivity index (χ1v) is 17.9. The molecule has 0 aliphatic heterocycles. The summed E-state index contributed by atoms with van der Waals surface area (Å²) < 4.78 is 2.36. The molecule has 7 rings (SSSR count). The van der Waals surface area contributed by atoms with Crippen LogP contribution in [0.2, 0.25) is 0 Å². The molecule has 2 aliphatic carbocycles. The molecule has 0 saturated heterocycles. The largest absolute Gasteiger partial charge is 0.309 e. The van der Waals surface area contributed by atoms with Crippen LogP contribution in [-0.2, 0) is 0 Å². The van der Waals surface area contributed by atoms with E-state index in [0.717, 1.165) is 73.8 Å². The second kappa shape index (κ2) is 13.8. The SMILES string of the molecule is CC1(C)CC(/C=C/c2ccc3c(c2)c2cc(/C=C/C4=CC(=C(C#N)C#N)CC(C)(C)C4)ccc2n3-c2cccc3ccccc23)=CC(=C(C#N)C#N)C1. The monoisotopic (exact) mass is 685 g/mol. The fourth-order valence-electron chi connectivity index (χ4n) is 8.12. The Balaban J connectivity index is 1.36. The predicted molar refractivity (Wildman–Crippen MR) is 215 cm³/mol. The number of benzene rings is 4. The molecule has 0 N–H and O–H groups in total. The van der Waals surface area contributed by atoms with Gasteiger partial charge in [0.15, 0.2) is 0 Å². The molecule has 0 saturated carbocycles. The zero-order valence-electron chi connectivity index (χ0n) is 30.5. The van der Waals surface area contributed by atoms with Crippen LogP contribution >= 0.6 is 0 Å². The van der Waals surface area contributed by atoms with Crippen LogP contribution in [0.4, 0.5) is 0 Å². The first-order chi connectivity index (χ1) is 25.5. The molecule has 0 amide bonds. The van der Waals surface area contributed by atoms with Crippen molar-refractivity contribution in [3.8, 4) is 30.0 Å². The Morgan fingerprint density at radius 3 is 1.51 bits per heavy atom. The number of allylic oxidation sites excluding steroid dienone is 10. The Labute approximate surface area is 311 Å². The predicted octanol–water partition coefficient (Wildman–Crippen LogP) is 12.1. The van der Waals surface area contributed by atoms with E-state index in [1.807, 2.05) is 12.2 Å². The van der Waals surface area contributed by atoms with Gasteiger partial charge in [-0.3, -0.25) is 0 Å². The minimum Gasteiger partial charge on any atom is -0.309 e. The summed E-state index contributed by atoms with van der Waals surface area (Å²) in [5.41, 5.74) is 9.51. The number of hydrogen-bond acceptors (Lipinski definition) is 4. The van der Waals surface area contributed by atoms with Gasteiger partial charge in [0.2, 0.25) is 0 Å². The molecule has 2 aliphatic rings. The van der Waals surface area contributed by atoms with Gasteiger partial charge in [-0.05, 0) is 106 Å².